The minimum Gasteiger partial charge on any atom is -0.489 e. The Labute approximate surface area is 110 Å². The molecule has 2 N–H and O–H groups in total. The number of anilines is 1. The van der Waals surface area contributed by atoms with Crippen molar-refractivity contribution in [2.75, 3.05) is 5.73 Å². The Morgan fingerprint density at radius 1 is 1.22 bits per heavy atom. The van der Waals surface area contributed by atoms with E-state index in [4.69, 9.17) is 22.1 Å². The maximum absolute atomic E-state index is 13.5. The lowest BCUT2D eigenvalue weighted by Crippen LogP contribution is -2.00. The molecule has 2 nitrogen and oxygen atoms in total. The predicted molar refractivity (Wildman–Crippen MR) is 71.3 cm³/mol. The van der Waals surface area contributed by atoms with Gasteiger partial charge in [0.25, 0.3) is 0 Å². The number of hydrogen-bond acceptors (Lipinski definition) is 2. The maximum atomic E-state index is 13.5. The van der Waals surface area contributed by atoms with Crippen LogP contribution in [0.1, 0.15) is 11.1 Å². The van der Waals surface area contributed by atoms with Crippen molar-refractivity contribution in [1.82, 2.24) is 0 Å². The molecule has 0 bridgehead atoms. The van der Waals surface area contributed by atoms with Crippen LogP contribution in [0.15, 0.2) is 36.4 Å². The molecular weight excluding hydrogens is 253 g/mol. The van der Waals surface area contributed by atoms with Crippen molar-refractivity contribution in [3.8, 4) is 5.75 Å². The summed E-state index contributed by atoms with van der Waals surface area (Å²) in [6.45, 7) is 2.05. The van der Waals surface area contributed by atoms with Gasteiger partial charge in [0.05, 0.1) is 0 Å². The highest BCUT2D eigenvalue weighted by molar-refractivity contribution is 6.30. The third-order valence-electron chi connectivity index (χ3n) is 2.60. The molecule has 2 aromatic carbocycles. The van der Waals surface area contributed by atoms with Gasteiger partial charge in [-0.15, -0.1) is 0 Å². The second-order valence-corrected chi connectivity index (χ2v) is 4.49. The molecule has 0 unspecified atom stereocenters. The fourth-order valence-electron chi connectivity index (χ4n) is 1.61. The molecule has 0 aliphatic rings. The number of nitrogen functional groups attached to an aromatic ring is 1. The molecule has 0 atom stereocenters. The van der Waals surface area contributed by atoms with E-state index in [0.29, 0.717) is 22.0 Å². The van der Waals surface area contributed by atoms with E-state index in [-0.39, 0.29) is 12.4 Å². The summed E-state index contributed by atoms with van der Waals surface area (Å²) in [5.41, 5.74) is 7.27. The Balaban J connectivity index is 2.11. The lowest BCUT2D eigenvalue weighted by Gasteiger charge is -2.10. The highest BCUT2D eigenvalue weighted by Gasteiger charge is 2.05. The molecule has 2 rings (SSSR count). The summed E-state index contributed by atoms with van der Waals surface area (Å²) in [5, 5.41) is 0.651. The molecule has 0 spiro atoms. The first-order chi connectivity index (χ1) is 8.56. The average molecular weight is 266 g/mol. The van der Waals surface area contributed by atoms with Gasteiger partial charge in [0.2, 0.25) is 0 Å². The van der Waals surface area contributed by atoms with Gasteiger partial charge in [0, 0.05) is 16.3 Å². The smallest absolute Gasteiger partial charge is 0.131 e. The van der Waals surface area contributed by atoms with Crippen LogP contribution < -0.4 is 10.5 Å². The van der Waals surface area contributed by atoms with Crippen LogP contribution in [0.2, 0.25) is 5.02 Å². The molecule has 0 saturated carbocycles. The molecule has 0 amide bonds. The molecule has 0 saturated heterocycles. The van der Waals surface area contributed by atoms with E-state index in [1.807, 2.05) is 6.92 Å². The lowest BCUT2D eigenvalue weighted by atomic mass is 10.2. The number of ether oxygens (including phenoxy) is 1. The van der Waals surface area contributed by atoms with Crippen LogP contribution in [0.3, 0.4) is 0 Å². The van der Waals surface area contributed by atoms with Crippen LogP contribution in [0.4, 0.5) is 10.1 Å². The Morgan fingerprint density at radius 3 is 2.67 bits per heavy atom. The number of halogens is 2. The van der Waals surface area contributed by atoms with E-state index in [9.17, 15) is 4.39 Å². The van der Waals surface area contributed by atoms with E-state index in [1.54, 1.807) is 30.3 Å². The monoisotopic (exact) mass is 265 g/mol. The summed E-state index contributed by atoms with van der Waals surface area (Å²) in [5.74, 6) is 0.331. The van der Waals surface area contributed by atoms with Crippen molar-refractivity contribution in [2.24, 2.45) is 0 Å². The molecule has 0 aliphatic heterocycles. The summed E-state index contributed by atoms with van der Waals surface area (Å²) < 4.78 is 19.1. The summed E-state index contributed by atoms with van der Waals surface area (Å²) in [4.78, 5) is 0. The first-order valence-corrected chi connectivity index (χ1v) is 5.87. The Morgan fingerprint density at radius 2 is 2.00 bits per heavy atom. The van der Waals surface area contributed by atoms with Crippen LogP contribution in [0.25, 0.3) is 0 Å². The average Bonchev–Trinajstić information content (AvgIpc) is 2.30. The van der Waals surface area contributed by atoms with E-state index in [1.165, 1.54) is 6.07 Å². The van der Waals surface area contributed by atoms with Crippen molar-refractivity contribution in [2.45, 2.75) is 13.5 Å². The van der Waals surface area contributed by atoms with Gasteiger partial charge in [-0.25, -0.2) is 4.39 Å². The van der Waals surface area contributed by atoms with Crippen LogP contribution in [0.5, 0.6) is 5.75 Å². The van der Waals surface area contributed by atoms with Crippen molar-refractivity contribution in [3.63, 3.8) is 0 Å². The number of aryl methyl sites for hydroxylation is 1. The summed E-state index contributed by atoms with van der Waals surface area (Å²) >= 11 is 5.85. The van der Waals surface area contributed by atoms with Crippen molar-refractivity contribution in [3.05, 3.63) is 58.4 Å². The maximum Gasteiger partial charge on any atom is 0.131 e. The molecular formula is C14H13ClFNO. The molecule has 0 aromatic heterocycles. The Kier molecular flexibility index (Phi) is 3.72. The first-order valence-electron chi connectivity index (χ1n) is 5.49. The summed E-state index contributed by atoms with van der Waals surface area (Å²) in [7, 11) is 0. The fraction of sp³-hybridized carbons (Fsp3) is 0.143. The SMILES string of the molecule is Cc1cc(Cl)ccc1OCc1ccc(N)cc1F. The van der Waals surface area contributed by atoms with Crippen molar-refractivity contribution in [1.29, 1.82) is 0 Å². The molecule has 0 aliphatic carbocycles. The molecule has 0 fully saturated rings. The quantitative estimate of drug-likeness (QED) is 0.853. The zero-order valence-electron chi connectivity index (χ0n) is 9.91. The van der Waals surface area contributed by atoms with Gasteiger partial charge >= 0.3 is 0 Å². The minimum absolute atomic E-state index is 0.161. The minimum atomic E-state index is -0.360. The zero-order chi connectivity index (χ0) is 13.1. The highest BCUT2D eigenvalue weighted by Crippen LogP contribution is 2.23. The number of benzene rings is 2. The van der Waals surface area contributed by atoms with E-state index in [0.717, 1.165) is 5.56 Å². The molecule has 0 heterocycles. The van der Waals surface area contributed by atoms with Gasteiger partial charge in [-0.1, -0.05) is 17.7 Å². The zero-order valence-corrected chi connectivity index (χ0v) is 10.7. The topological polar surface area (TPSA) is 35.2 Å². The van der Waals surface area contributed by atoms with Crippen LogP contribution in [-0.2, 0) is 6.61 Å². The summed E-state index contributed by atoms with van der Waals surface area (Å²) in [6.07, 6.45) is 0. The Hall–Kier alpha value is -1.74. The second kappa shape index (κ2) is 5.27. The van der Waals surface area contributed by atoms with Gasteiger partial charge in [-0.3, -0.25) is 0 Å². The van der Waals surface area contributed by atoms with Crippen LogP contribution >= 0.6 is 11.6 Å². The van der Waals surface area contributed by atoms with Crippen molar-refractivity contribution < 1.29 is 9.13 Å². The third kappa shape index (κ3) is 2.93. The lowest BCUT2D eigenvalue weighted by molar-refractivity contribution is 0.298. The van der Waals surface area contributed by atoms with Gasteiger partial charge in [0.1, 0.15) is 18.2 Å². The molecule has 18 heavy (non-hydrogen) atoms. The van der Waals surface area contributed by atoms with E-state index in [2.05, 4.69) is 0 Å². The number of rotatable bonds is 3. The van der Waals surface area contributed by atoms with Gasteiger partial charge in [-0.2, -0.15) is 0 Å². The third-order valence-corrected chi connectivity index (χ3v) is 2.83. The first kappa shape index (κ1) is 12.7. The van der Waals surface area contributed by atoms with Gasteiger partial charge in [0.15, 0.2) is 0 Å². The molecule has 2 aromatic rings. The van der Waals surface area contributed by atoms with Gasteiger partial charge < -0.3 is 10.5 Å². The number of nitrogens with two attached hydrogens (primary N) is 1. The second-order valence-electron chi connectivity index (χ2n) is 4.05. The van der Waals surface area contributed by atoms with E-state index >= 15 is 0 Å². The Bertz CT molecular complexity index is 520. The van der Waals surface area contributed by atoms with Crippen molar-refractivity contribution >= 4 is 17.3 Å². The van der Waals surface area contributed by atoms with Crippen LogP contribution in [-0.4, -0.2) is 0 Å². The van der Waals surface area contributed by atoms with E-state index < -0.39 is 0 Å². The molecule has 0 radical (unpaired) electrons. The fourth-order valence-corrected chi connectivity index (χ4v) is 1.84. The normalized spacial score (nSPS) is 10.4. The largest absolute Gasteiger partial charge is 0.489 e. The van der Waals surface area contributed by atoms with Gasteiger partial charge in [-0.05, 0) is 42.8 Å². The standard InChI is InChI=1S/C14H13ClFNO/c1-9-6-11(15)3-5-14(9)18-8-10-2-4-12(17)7-13(10)16/h2-7H,8,17H2,1H3. The summed E-state index contributed by atoms with van der Waals surface area (Å²) in [6, 6.07) is 9.87. The predicted octanol–water partition coefficient (Wildman–Crippen LogP) is 3.95. The molecule has 94 valence electrons. The highest BCUT2D eigenvalue weighted by atomic mass is 35.5. The number of hydrogen-bond donors (Lipinski definition) is 1. The van der Waals surface area contributed by atoms with Crippen LogP contribution in [0, 0.1) is 12.7 Å². The molecule has 4 heteroatoms.